The summed E-state index contributed by atoms with van der Waals surface area (Å²) in [5.41, 5.74) is 8.56. The monoisotopic (exact) mass is 454 g/mol. The van der Waals surface area contributed by atoms with Gasteiger partial charge in [0.25, 0.3) is 5.91 Å². The van der Waals surface area contributed by atoms with Crippen molar-refractivity contribution in [2.75, 3.05) is 26.6 Å². The maximum Gasteiger partial charge on any atom is 0.282 e. The molecule has 1 aromatic heterocycles. The smallest absolute Gasteiger partial charge is 0.282 e. The highest BCUT2D eigenvalue weighted by molar-refractivity contribution is 5.96. The highest BCUT2D eigenvalue weighted by Gasteiger charge is 2.25. The van der Waals surface area contributed by atoms with Crippen molar-refractivity contribution in [3.8, 4) is 39.6 Å². The highest BCUT2D eigenvalue weighted by atomic mass is 16.5. The van der Waals surface area contributed by atoms with Gasteiger partial charge in [0.1, 0.15) is 17.7 Å². The average molecular weight is 455 g/mol. The lowest BCUT2D eigenvalue weighted by molar-refractivity contribution is -0.414. The van der Waals surface area contributed by atoms with Crippen LogP contribution in [0.4, 0.5) is 5.69 Å². The van der Waals surface area contributed by atoms with Crippen LogP contribution in [0.15, 0.2) is 41.1 Å². The van der Waals surface area contributed by atoms with Crippen molar-refractivity contribution in [2.24, 2.45) is 5.92 Å². The minimum absolute atomic E-state index is 0.152. The van der Waals surface area contributed by atoms with E-state index in [2.05, 4.69) is 16.2 Å². The third-order valence-electron chi connectivity index (χ3n) is 5.94. The van der Waals surface area contributed by atoms with Crippen LogP contribution in [0.5, 0.6) is 17.2 Å². The molecule has 2 atom stereocenters. The van der Waals surface area contributed by atoms with Crippen molar-refractivity contribution in [3.63, 3.8) is 0 Å². The molecule has 1 amide bonds. The van der Waals surface area contributed by atoms with Gasteiger partial charge in [-0.3, -0.25) is 4.79 Å². The molecular weight excluding hydrogens is 422 g/mol. The summed E-state index contributed by atoms with van der Waals surface area (Å²) in [5, 5.41) is 7.20. The third kappa shape index (κ3) is 4.96. The third-order valence-corrected chi connectivity index (χ3v) is 5.94. The Morgan fingerprint density at radius 2 is 1.82 bits per heavy atom. The minimum Gasteiger partial charge on any atom is -0.495 e. The summed E-state index contributed by atoms with van der Waals surface area (Å²) in [5.74, 6) is 1.85. The molecule has 1 heterocycles. The molecular formula is C25H32N3O5+. The highest BCUT2D eigenvalue weighted by Crippen LogP contribution is 2.40. The molecule has 0 aliphatic carbocycles. The Bertz CT molecular complexity index is 1130. The molecule has 33 heavy (non-hydrogen) atoms. The van der Waals surface area contributed by atoms with Crippen LogP contribution < -0.4 is 25.3 Å². The van der Waals surface area contributed by atoms with E-state index in [1.807, 2.05) is 51.1 Å². The Balaban J connectivity index is 2.01. The number of nitrogens with one attached hydrogen (secondary N) is 1. The van der Waals surface area contributed by atoms with Gasteiger partial charge < -0.3 is 29.8 Å². The van der Waals surface area contributed by atoms with E-state index in [0.29, 0.717) is 28.6 Å². The van der Waals surface area contributed by atoms with Crippen molar-refractivity contribution in [3.05, 3.63) is 42.2 Å². The van der Waals surface area contributed by atoms with Gasteiger partial charge >= 0.3 is 0 Å². The number of hydrogen-bond donors (Lipinski definition) is 2. The van der Waals surface area contributed by atoms with Crippen LogP contribution in [0, 0.1) is 12.8 Å². The molecule has 0 aliphatic heterocycles. The van der Waals surface area contributed by atoms with Gasteiger partial charge in [-0.1, -0.05) is 25.1 Å². The van der Waals surface area contributed by atoms with Crippen molar-refractivity contribution >= 4 is 11.6 Å². The first-order valence-corrected chi connectivity index (χ1v) is 10.8. The normalized spacial score (nSPS) is 12.7. The Morgan fingerprint density at radius 1 is 1.09 bits per heavy atom. The van der Waals surface area contributed by atoms with Crippen LogP contribution in [0.2, 0.25) is 0 Å². The molecule has 2 aromatic carbocycles. The average Bonchev–Trinajstić information content (AvgIpc) is 3.32. The van der Waals surface area contributed by atoms with E-state index in [1.54, 1.807) is 27.6 Å². The lowest BCUT2D eigenvalue weighted by atomic mass is 9.98. The van der Waals surface area contributed by atoms with Crippen LogP contribution >= 0.6 is 0 Å². The van der Waals surface area contributed by atoms with Crippen LogP contribution in [-0.4, -0.2) is 38.4 Å². The molecule has 0 saturated carbocycles. The first kappa shape index (κ1) is 24.1. The van der Waals surface area contributed by atoms with E-state index < -0.39 is 0 Å². The number of anilines is 1. The number of rotatable bonds is 9. The minimum atomic E-state index is -0.371. The molecule has 8 nitrogen and oxygen atoms in total. The number of benzene rings is 2. The Kier molecular flexibility index (Phi) is 7.60. The van der Waals surface area contributed by atoms with Gasteiger partial charge in [-0.15, -0.1) is 0 Å². The lowest BCUT2D eigenvalue weighted by Gasteiger charge is -2.17. The van der Waals surface area contributed by atoms with Crippen molar-refractivity contribution in [1.29, 1.82) is 0 Å². The quantitative estimate of drug-likeness (QED) is 0.507. The number of ether oxygens (including phenoxy) is 3. The standard InChI is InChI=1S/C25H31N3O5/c1-7-14(2)22(26)25(29)27-19-11-16(8-9-20(19)30-4)18-13-33-28-23(18)17-10-15(3)24(32-6)21(12-17)31-5/h8-14,22H,7,26H2,1-6H3,(H,27,29)/p+1. The molecule has 0 saturated heterocycles. The van der Waals surface area contributed by atoms with Gasteiger partial charge in [-0.25, -0.2) is 0 Å². The second-order valence-corrected chi connectivity index (χ2v) is 8.00. The molecule has 8 heteroatoms. The van der Waals surface area contributed by atoms with Gasteiger partial charge in [0.2, 0.25) is 0 Å². The number of aromatic nitrogens is 1. The van der Waals surface area contributed by atoms with Gasteiger partial charge in [0.15, 0.2) is 17.5 Å². The number of carbonyl (C=O) groups excluding carboxylic acids is 1. The van der Waals surface area contributed by atoms with Crippen molar-refractivity contribution < 1.29 is 29.3 Å². The van der Waals surface area contributed by atoms with E-state index in [0.717, 1.165) is 28.7 Å². The van der Waals surface area contributed by atoms with Crippen LogP contribution in [-0.2, 0) is 4.79 Å². The van der Waals surface area contributed by atoms with Gasteiger partial charge in [-0.2, -0.15) is 0 Å². The number of quaternary nitrogens is 1. The summed E-state index contributed by atoms with van der Waals surface area (Å²) in [6, 6.07) is 9.01. The molecule has 2 unspecified atom stereocenters. The maximum absolute atomic E-state index is 12.7. The SMILES string of the molecule is CCC(C)C([NH3+])C(=O)Nc1cc(-c2conc2-c2cc(C)c(OC)c(OC)c2)ccc1OC. The van der Waals surface area contributed by atoms with E-state index in [4.69, 9.17) is 18.7 Å². The largest absolute Gasteiger partial charge is 0.495 e. The zero-order valence-corrected chi connectivity index (χ0v) is 20.0. The summed E-state index contributed by atoms with van der Waals surface area (Å²) in [4.78, 5) is 12.7. The zero-order valence-electron chi connectivity index (χ0n) is 20.0. The lowest BCUT2D eigenvalue weighted by Crippen LogP contribution is -2.69. The van der Waals surface area contributed by atoms with Crippen molar-refractivity contribution in [2.45, 2.75) is 33.2 Å². The van der Waals surface area contributed by atoms with E-state index >= 15 is 0 Å². The fourth-order valence-electron chi connectivity index (χ4n) is 3.68. The summed E-state index contributed by atoms with van der Waals surface area (Å²) in [7, 11) is 4.77. The second kappa shape index (κ2) is 10.4. The molecule has 176 valence electrons. The Labute approximate surface area is 194 Å². The van der Waals surface area contributed by atoms with E-state index in [-0.39, 0.29) is 17.9 Å². The van der Waals surface area contributed by atoms with Crippen LogP contribution in [0.25, 0.3) is 22.4 Å². The summed E-state index contributed by atoms with van der Waals surface area (Å²) < 4.78 is 21.7. The molecule has 0 spiro atoms. The zero-order chi connectivity index (χ0) is 24.1. The number of aryl methyl sites for hydroxylation is 1. The van der Waals surface area contributed by atoms with E-state index in [9.17, 15) is 4.79 Å². The number of amides is 1. The fourth-order valence-corrected chi connectivity index (χ4v) is 3.68. The maximum atomic E-state index is 12.7. The Morgan fingerprint density at radius 3 is 2.45 bits per heavy atom. The fraction of sp³-hybridized carbons (Fsp3) is 0.360. The predicted molar refractivity (Wildman–Crippen MR) is 127 cm³/mol. The van der Waals surface area contributed by atoms with Crippen LogP contribution in [0.1, 0.15) is 25.8 Å². The molecule has 0 bridgehead atoms. The van der Waals surface area contributed by atoms with Crippen LogP contribution in [0.3, 0.4) is 0 Å². The van der Waals surface area contributed by atoms with Gasteiger partial charge in [0.05, 0.1) is 27.0 Å². The number of methoxy groups -OCH3 is 3. The van der Waals surface area contributed by atoms with Crippen molar-refractivity contribution in [1.82, 2.24) is 5.16 Å². The Hall–Kier alpha value is -3.52. The summed E-state index contributed by atoms with van der Waals surface area (Å²) >= 11 is 0. The second-order valence-electron chi connectivity index (χ2n) is 8.00. The molecule has 4 N–H and O–H groups in total. The van der Waals surface area contributed by atoms with Gasteiger partial charge in [-0.05, 0) is 48.7 Å². The molecule has 3 aromatic rings. The number of nitrogens with zero attached hydrogens (tertiary/aromatic N) is 1. The first-order valence-electron chi connectivity index (χ1n) is 10.8. The molecule has 3 rings (SSSR count). The first-order chi connectivity index (χ1) is 15.8. The van der Waals surface area contributed by atoms with E-state index in [1.165, 1.54) is 0 Å². The predicted octanol–water partition coefficient (Wildman–Crippen LogP) is 3.94. The topological polar surface area (TPSA) is 110 Å². The van der Waals surface area contributed by atoms with Gasteiger partial charge in [0, 0.05) is 17.0 Å². The molecule has 0 fully saturated rings. The number of hydrogen-bond acceptors (Lipinski definition) is 6. The summed E-state index contributed by atoms with van der Waals surface area (Å²) in [6.45, 7) is 6.00. The number of carbonyl (C=O) groups is 1. The molecule has 0 radical (unpaired) electrons. The summed E-state index contributed by atoms with van der Waals surface area (Å²) in [6.07, 6.45) is 2.45. The molecule has 0 aliphatic rings.